The maximum absolute atomic E-state index is 12.9. The number of rotatable bonds is 4. The topological polar surface area (TPSA) is 61.5 Å². The zero-order chi connectivity index (χ0) is 21.9. The van der Waals surface area contributed by atoms with Crippen molar-refractivity contribution in [2.45, 2.75) is 25.6 Å². The van der Waals surface area contributed by atoms with Crippen molar-refractivity contribution in [2.75, 3.05) is 18.6 Å². The van der Waals surface area contributed by atoms with Crippen LogP contribution in [0.15, 0.2) is 79.3 Å². The highest BCUT2D eigenvalue weighted by Crippen LogP contribution is 2.33. The van der Waals surface area contributed by atoms with E-state index in [0.717, 1.165) is 23.4 Å². The molecule has 162 valence electrons. The van der Waals surface area contributed by atoms with Gasteiger partial charge < -0.3 is 14.6 Å². The Balaban J connectivity index is 1.59. The highest BCUT2D eigenvalue weighted by molar-refractivity contribution is 5.88. The third kappa shape index (κ3) is 4.04. The number of methoxy groups -OCH3 is 1. The number of aromatic amines is 1. The minimum atomic E-state index is -0.298. The molecular weight excluding hydrogens is 400 g/mol. The number of H-pyrrole nitrogens is 1. The van der Waals surface area contributed by atoms with Gasteiger partial charge in [-0.3, -0.25) is 4.90 Å². The van der Waals surface area contributed by atoms with E-state index in [1.165, 1.54) is 23.4 Å². The molecule has 1 unspecified atom stereocenters. The first-order valence-corrected chi connectivity index (χ1v) is 10.8. The summed E-state index contributed by atoms with van der Waals surface area (Å²) in [6.07, 6.45) is 4.02. The lowest BCUT2D eigenvalue weighted by atomic mass is 10.0. The molecule has 1 aromatic heterocycles. The fourth-order valence-electron chi connectivity index (χ4n) is 4.58. The summed E-state index contributed by atoms with van der Waals surface area (Å²) in [4.78, 5) is 24.5. The van der Waals surface area contributed by atoms with Gasteiger partial charge in [-0.15, -0.1) is 0 Å². The molecule has 0 saturated heterocycles. The van der Waals surface area contributed by atoms with Gasteiger partial charge in [0.05, 0.1) is 38.3 Å². The van der Waals surface area contributed by atoms with Crippen LogP contribution in [0.2, 0.25) is 0 Å². The van der Waals surface area contributed by atoms with Gasteiger partial charge in [0.15, 0.2) is 0 Å². The molecule has 5 rings (SSSR count). The average Bonchev–Trinajstić information content (AvgIpc) is 3.29. The Morgan fingerprint density at radius 1 is 1.09 bits per heavy atom. The number of hydrogen-bond donors (Lipinski definition) is 1. The third-order valence-electron chi connectivity index (χ3n) is 6.14. The highest BCUT2D eigenvalue weighted by atomic mass is 16.5. The Kier molecular flexibility index (Phi) is 5.50. The van der Waals surface area contributed by atoms with Crippen molar-refractivity contribution < 1.29 is 9.53 Å². The molecule has 1 aliphatic rings. The lowest BCUT2D eigenvalue weighted by molar-refractivity contribution is 0.103. The van der Waals surface area contributed by atoms with Crippen molar-refractivity contribution in [1.82, 2.24) is 14.9 Å². The number of benzene rings is 3. The summed E-state index contributed by atoms with van der Waals surface area (Å²) in [6.45, 7) is 1.88. The number of ether oxygens (including phenoxy) is 1. The van der Waals surface area contributed by atoms with E-state index < -0.39 is 0 Å². The summed E-state index contributed by atoms with van der Waals surface area (Å²) in [7, 11) is 1.45. The van der Waals surface area contributed by atoms with Gasteiger partial charge in [-0.1, -0.05) is 54.6 Å². The lowest BCUT2D eigenvalue weighted by Gasteiger charge is -2.32. The maximum atomic E-state index is 12.9. The smallest absolute Gasteiger partial charge is 0.410 e. The number of hydrogen-bond acceptors (Lipinski definition) is 4. The largest absolute Gasteiger partial charge is 0.453 e. The van der Waals surface area contributed by atoms with E-state index in [4.69, 9.17) is 4.74 Å². The van der Waals surface area contributed by atoms with Crippen molar-refractivity contribution in [1.29, 1.82) is 0 Å². The average molecular weight is 427 g/mol. The predicted octanol–water partition coefficient (Wildman–Crippen LogP) is 4.76. The predicted molar refractivity (Wildman–Crippen MR) is 125 cm³/mol. The van der Waals surface area contributed by atoms with E-state index in [1.807, 2.05) is 35.4 Å². The number of aromatic nitrogens is 2. The molecule has 6 nitrogen and oxygen atoms in total. The van der Waals surface area contributed by atoms with Crippen LogP contribution in [-0.4, -0.2) is 40.7 Å². The highest BCUT2D eigenvalue weighted by Gasteiger charge is 2.32. The van der Waals surface area contributed by atoms with Crippen LogP contribution in [0.25, 0.3) is 10.8 Å². The number of amides is 1. The number of fused-ring (bicyclic) bond motifs is 2. The number of imidazole rings is 1. The quantitative estimate of drug-likeness (QED) is 0.511. The first-order chi connectivity index (χ1) is 15.7. The summed E-state index contributed by atoms with van der Waals surface area (Å²) >= 11 is 0. The summed E-state index contributed by atoms with van der Waals surface area (Å²) < 4.78 is 5.21. The summed E-state index contributed by atoms with van der Waals surface area (Å²) in [5.74, 6) is 0. The zero-order valence-corrected chi connectivity index (χ0v) is 18.1. The Hall–Kier alpha value is -3.80. The van der Waals surface area contributed by atoms with Crippen LogP contribution >= 0.6 is 0 Å². The molecule has 1 aliphatic heterocycles. The Labute approximate surface area is 187 Å². The van der Waals surface area contributed by atoms with Crippen LogP contribution in [0.5, 0.6) is 0 Å². The van der Waals surface area contributed by atoms with E-state index in [1.54, 1.807) is 6.33 Å². The monoisotopic (exact) mass is 426 g/mol. The molecule has 4 aromatic rings. The molecule has 0 fully saturated rings. The minimum Gasteiger partial charge on any atom is -0.453 e. The van der Waals surface area contributed by atoms with E-state index >= 15 is 0 Å². The minimum absolute atomic E-state index is 0.0386. The van der Waals surface area contributed by atoms with Gasteiger partial charge in [-0.05, 0) is 40.5 Å². The van der Waals surface area contributed by atoms with Crippen LogP contribution in [0.4, 0.5) is 10.5 Å². The molecule has 0 spiro atoms. The van der Waals surface area contributed by atoms with Gasteiger partial charge in [-0.25, -0.2) is 9.78 Å². The normalized spacial score (nSPS) is 16.0. The second-order valence-corrected chi connectivity index (χ2v) is 8.23. The molecule has 6 heteroatoms. The van der Waals surface area contributed by atoms with Crippen LogP contribution in [0.3, 0.4) is 0 Å². The van der Waals surface area contributed by atoms with Crippen molar-refractivity contribution in [3.8, 4) is 0 Å². The fourth-order valence-corrected chi connectivity index (χ4v) is 4.58. The number of nitrogens with one attached hydrogen (secondary N) is 1. The van der Waals surface area contributed by atoms with Crippen molar-refractivity contribution in [3.63, 3.8) is 0 Å². The molecule has 32 heavy (non-hydrogen) atoms. The molecule has 1 atom stereocenters. The molecule has 0 aliphatic carbocycles. The summed E-state index contributed by atoms with van der Waals surface area (Å²) in [5, 5.41) is 2.35. The second-order valence-electron chi connectivity index (χ2n) is 8.23. The van der Waals surface area contributed by atoms with Crippen molar-refractivity contribution in [3.05, 3.63) is 96.1 Å². The van der Waals surface area contributed by atoms with E-state index in [2.05, 4.69) is 57.3 Å². The Bertz CT molecular complexity index is 1210. The van der Waals surface area contributed by atoms with Gasteiger partial charge in [0.25, 0.3) is 0 Å². The molecule has 0 saturated carbocycles. The van der Waals surface area contributed by atoms with E-state index in [-0.39, 0.29) is 12.1 Å². The van der Waals surface area contributed by atoms with Gasteiger partial charge >= 0.3 is 6.09 Å². The first-order valence-electron chi connectivity index (χ1n) is 10.8. The SMILES string of the molecule is COC(=O)N1Cc2cc3ccccc3cc2N(Cc2cnc[nH]2)CC1Cc1ccccc1. The van der Waals surface area contributed by atoms with Crippen molar-refractivity contribution in [2.24, 2.45) is 0 Å². The van der Waals surface area contributed by atoms with Crippen LogP contribution < -0.4 is 4.90 Å². The molecule has 3 aromatic carbocycles. The second kappa shape index (κ2) is 8.75. The van der Waals surface area contributed by atoms with Crippen LogP contribution in [-0.2, 0) is 24.2 Å². The number of nitrogens with zero attached hydrogens (tertiary/aromatic N) is 3. The van der Waals surface area contributed by atoms with Gasteiger partial charge in [0.2, 0.25) is 0 Å². The van der Waals surface area contributed by atoms with Crippen LogP contribution in [0, 0.1) is 0 Å². The maximum Gasteiger partial charge on any atom is 0.410 e. The van der Waals surface area contributed by atoms with E-state index in [9.17, 15) is 4.79 Å². The first kappa shape index (κ1) is 20.1. The number of carbonyl (C=O) groups excluding carboxylic acids is 1. The molecular formula is C26H26N4O2. The van der Waals surface area contributed by atoms with Crippen LogP contribution in [0.1, 0.15) is 16.8 Å². The standard InChI is InChI=1S/C26H26N4O2/c1-32-26(31)30-15-22-12-20-9-5-6-10-21(20)13-25(22)29(16-23-14-27-18-28-23)17-24(30)11-19-7-3-2-4-8-19/h2-10,12-14,18,24H,11,15-17H2,1H3,(H,27,28). The molecule has 1 amide bonds. The van der Waals surface area contributed by atoms with E-state index in [0.29, 0.717) is 19.6 Å². The summed E-state index contributed by atoms with van der Waals surface area (Å²) in [5.41, 5.74) is 4.49. The Morgan fingerprint density at radius 2 is 1.84 bits per heavy atom. The van der Waals surface area contributed by atoms with Gasteiger partial charge in [0, 0.05) is 18.4 Å². The Morgan fingerprint density at radius 3 is 2.56 bits per heavy atom. The molecule has 0 radical (unpaired) electrons. The lowest BCUT2D eigenvalue weighted by Crippen LogP contribution is -2.45. The summed E-state index contributed by atoms with van der Waals surface area (Å²) in [6, 6.07) is 23.1. The number of anilines is 1. The van der Waals surface area contributed by atoms with Gasteiger partial charge in [0.1, 0.15) is 0 Å². The third-order valence-corrected chi connectivity index (χ3v) is 6.14. The van der Waals surface area contributed by atoms with Crippen molar-refractivity contribution >= 4 is 22.6 Å². The van der Waals surface area contributed by atoms with Gasteiger partial charge in [-0.2, -0.15) is 0 Å². The zero-order valence-electron chi connectivity index (χ0n) is 18.1. The molecule has 0 bridgehead atoms. The fraction of sp³-hybridized carbons (Fsp3) is 0.231. The molecule has 2 heterocycles. The molecule has 1 N–H and O–H groups in total. The number of carbonyl (C=O) groups is 1.